The number of nitrogens with one attached hydrogen (secondary N) is 3. The van der Waals surface area contributed by atoms with E-state index in [0.717, 1.165) is 0 Å². The van der Waals surface area contributed by atoms with Crippen molar-refractivity contribution in [1.29, 1.82) is 0 Å². The van der Waals surface area contributed by atoms with Gasteiger partial charge in [0.25, 0.3) is 11.8 Å². The van der Waals surface area contributed by atoms with Crippen LogP contribution in [0.4, 0.5) is 0 Å². The fourth-order valence-corrected chi connectivity index (χ4v) is 8.72. The Morgan fingerprint density at radius 2 is 1.03 bits per heavy atom. The summed E-state index contributed by atoms with van der Waals surface area (Å²) in [5.74, 6) is -4.00. The van der Waals surface area contributed by atoms with Gasteiger partial charge in [-0.1, -0.05) is 6.42 Å². The van der Waals surface area contributed by atoms with Crippen LogP contribution in [-0.4, -0.2) is 313 Å². The number of nitrogens with zero attached hydrogens (tertiary/aromatic N) is 2. The highest BCUT2D eigenvalue weighted by Gasteiger charge is 2.52. The molecule has 33 heteroatoms. The van der Waals surface area contributed by atoms with Crippen LogP contribution in [0.25, 0.3) is 0 Å². The number of amides is 5. The van der Waals surface area contributed by atoms with Crippen molar-refractivity contribution in [2.45, 2.75) is 168 Å². The Kier molecular flexibility index (Phi) is 26.1. The van der Waals surface area contributed by atoms with Crippen LogP contribution in [-0.2, 0) is 71.5 Å². The highest BCUT2D eigenvalue weighted by Crippen LogP contribution is 2.31. The number of aliphatic hydroxyl groups excluding tert-OH is 13. The van der Waals surface area contributed by atoms with Crippen LogP contribution in [0.3, 0.4) is 0 Å². The van der Waals surface area contributed by atoms with E-state index in [4.69, 9.17) is 42.7 Å². The number of aliphatic hydroxyl groups is 13. The lowest BCUT2D eigenvalue weighted by molar-refractivity contribution is -0.366. The van der Waals surface area contributed by atoms with E-state index in [-0.39, 0.29) is 52.1 Å². The van der Waals surface area contributed by atoms with Crippen molar-refractivity contribution >= 4 is 35.5 Å². The third kappa shape index (κ3) is 18.1. The quantitative estimate of drug-likeness (QED) is 0.0244. The van der Waals surface area contributed by atoms with Crippen LogP contribution in [0.2, 0.25) is 0 Å². The number of carbonyl (C=O) groups is 6. The van der Waals surface area contributed by atoms with Crippen LogP contribution in [0, 0.1) is 0 Å². The van der Waals surface area contributed by atoms with E-state index in [0.29, 0.717) is 24.3 Å². The van der Waals surface area contributed by atoms with E-state index in [9.17, 15) is 95.2 Å². The van der Waals surface area contributed by atoms with Crippen LogP contribution in [0.15, 0.2) is 0 Å². The minimum absolute atomic E-state index is 0.0526. The average Bonchev–Trinajstić information content (AvgIpc) is 3.73. The first kappa shape index (κ1) is 65.0. The third-order valence-corrected chi connectivity index (χ3v) is 13.2. The molecule has 20 atom stereocenters. The fraction of sp³-hybridized carbons (Fsp3) is 0.867. The lowest BCUT2D eigenvalue weighted by Crippen LogP contribution is -2.65. The van der Waals surface area contributed by atoms with Gasteiger partial charge in [0.15, 0.2) is 18.9 Å². The summed E-state index contributed by atoms with van der Waals surface area (Å²) < 4.78 is 44.4. The van der Waals surface area contributed by atoms with Gasteiger partial charge in [-0.3, -0.25) is 28.9 Å². The Morgan fingerprint density at radius 1 is 0.538 bits per heavy atom. The van der Waals surface area contributed by atoms with Crippen molar-refractivity contribution in [3.63, 3.8) is 0 Å². The number of ether oxygens (including phenoxy) is 8. The van der Waals surface area contributed by atoms with Gasteiger partial charge in [0, 0.05) is 38.9 Å². The number of carbonyl (C=O) groups excluding carboxylic acids is 6. The molecule has 0 bridgehead atoms. The Bertz CT molecular complexity index is 1910. The Balaban J connectivity index is 1.15. The maximum Gasteiger partial charge on any atom is 0.333 e. The van der Waals surface area contributed by atoms with Gasteiger partial charge >= 0.3 is 5.97 Å². The molecule has 5 aliphatic heterocycles. The number of hydrogen-bond acceptors (Lipinski definition) is 29. The van der Waals surface area contributed by atoms with Gasteiger partial charge in [0.1, 0.15) is 97.7 Å². The SMILES string of the molecule is C[C@@H]1O[C@@H](COCCNC(=O)CN(CC(=O)NCCCCCC(=O)ON2C(=O)CCC2=O)CC(=O)NCCO[C@H]2O[C@H](CO[C@H]3O[C@H](CO)[C@@H](O)[C@H](O)[C@@H]3O)[C@@H](O)[C@H](O[C@H]3O[C@H](CO)[C@@H](O)[C@H](O)[C@@H]3O)[C@@H]2O)[C@@H](O)[C@H](O)[C@@H]1O. The van der Waals surface area contributed by atoms with E-state index in [2.05, 4.69) is 16.0 Å². The molecule has 0 spiro atoms. The standard InChI is InChI=1S/C45H75N5O28/c1-20-31(59)36(64)34(62)23(73-20)18-70-11-9-47-26(54)14-49(13-25(53)46-8-4-2-3-5-30(58)78-50-28(56)6-7-29(50)57)15-27(55)48-10-12-71-44-41(69)42(77-45-40(68)38(66)33(61)22(17-52)75-45)35(63)24(76-44)19-72-43-39(67)37(65)32(60)21(16-51)74-43/h20-24,31-45,51-52,59-69H,2-19H2,1H3,(H,46,53)(H,47,54)(H,48,55)/t20-,21+,22+,23-,24+,31+,32+,33+,34+,35+,36+,37-,38-,39-,40-,41-,42-,43-,44-,45+/m0/s1. The summed E-state index contributed by atoms with van der Waals surface area (Å²) >= 11 is 0. The summed E-state index contributed by atoms with van der Waals surface area (Å²) in [6, 6.07) is 0. The molecular formula is C45H75N5O28. The van der Waals surface area contributed by atoms with Crippen molar-refractivity contribution in [2.24, 2.45) is 0 Å². The summed E-state index contributed by atoms with van der Waals surface area (Å²) in [7, 11) is 0. The third-order valence-electron chi connectivity index (χ3n) is 13.2. The molecule has 16 N–H and O–H groups in total. The molecule has 33 nitrogen and oxygen atoms in total. The van der Waals surface area contributed by atoms with Crippen LogP contribution in [0.5, 0.6) is 0 Å². The summed E-state index contributed by atoms with van der Waals surface area (Å²) in [4.78, 5) is 81.0. The van der Waals surface area contributed by atoms with E-state index >= 15 is 0 Å². The summed E-state index contributed by atoms with van der Waals surface area (Å²) in [6.07, 6.45) is -31.8. The molecule has 0 saturated carbocycles. The smallest absolute Gasteiger partial charge is 0.333 e. The monoisotopic (exact) mass is 1130 g/mol. The zero-order valence-corrected chi connectivity index (χ0v) is 42.6. The van der Waals surface area contributed by atoms with Crippen LogP contribution < -0.4 is 16.0 Å². The lowest BCUT2D eigenvalue weighted by atomic mass is 9.96. The molecule has 0 aliphatic carbocycles. The van der Waals surface area contributed by atoms with Gasteiger partial charge in [0.05, 0.1) is 65.4 Å². The Morgan fingerprint density at radius 3 is 1.62 bits per heavy atom. The van der Waals surface area contributed by atoms with Gasteiger partial charge in [-0.2, -0.15) is 0 Å². The van der Waals surface area contributed by atoms with Crippen molar-refractivity contribution < 1.29 is 138 Å². The van der Waals surface area contributed by atoms with Gasteiger partial charge in [-0.05, 0) is 19.8 Å². The summed E-state index contributed by atoms with van der Waals surface area (Å²) in [5, 5.41) is 142. The maximum absolute atomic E-state index is 13.3. The van der Waals surface area contributed by atoms with E-state index in [1.165, 1.54) is 11.8 Å². The predicted octanol–water partition coefficient (Wildman–Crippen LogP) is -10.8. The summed E-state index contributed by atoms with van der Waals surface area (Å²) in [5.41, 5.74) is 0. The van der Waals surface area contributed by atoms with Gasteiger partial charge < -0.3 is 125 Å². The van der Waals surface area contributed by atoms with Crippen molar-refractivity contribution in [3.8, 4) is 0 Å². The van der Waals surface area contributed by atoms with Gasteiger partial charge in [-0.25, -0.2) is 4.79 Å². The largest absolute Gasteiger partial charge is 0.394 e. The van der Waals surface area contributed by atoms with Crippen molar-refractivity contribution in [1.82, 2.24) is 25.9 Å². The molecule has 5 amide bonds. The number of hydrogen-bond donors (Lipinski definition) is 16. The Labute approximate surface area is 445 Å². The molecular weight excluding hydrogens is 1060 g/mol. The normalized spacial score (nSPS) is 36.4. The predicted molar refractivity (Wildman–Crippen MR) is 249 cm³/mol. The van der Waals surface area contributed by atoms with Crippen molar-refractivity contribution in [2.75, 3.05) is 78.9 Å². The molecule has 5 fully saturated rings. The minimum Gasteiger partial charge on any atom is -0.394 e. The van der Waals surface area contributed by atoms with Crippen LogP contribution >= 0.6 is 0 Å². The molecule has 0 aromatic carbocycles. The second kappa shape index (κ2) is 31.4. The number of unbranched alkanes of at least 4 members (excludes halogenated alkanes) is 2. The molecule has 0 aromatic heterocycles. The molecule has 448 valence electrons. The average molecular weight is 1130 g/mol. The zero-order valence-electron chi connectivity index (χ0n) is 42.6. The molecule has 5 rings (SSSR count). The molecule has 0 radical (unpaired) electrons. The molecule has 5 saturated heterocycles. The summed E-state index contributed by atoms with van der Waals surface area (Å²) in [6.45, 7) is -3.43. The van der Waals surface area contributed by atoms with E-state index in [1.54, 1.807) is 0 Å². The first-order valence-corrected chi connectivity index (χ1v) is 25.4. The van der Waals surface area contributed by atoms with E-state index < -0.39 is 204 Å². The molecule has 0 aromatic rings. The zero-order chi connectivity index (χ0) is 57.4. The van der Waals surface area contributed by atoms with Gasteiger partial charge in [-0.15, -0.1) is 5.06 Å². The van der Waals surface area contributed by atoms with E-state index in [1.807, 2.05) is 0 Å². The number of imide groups is 1. The van der Waals surface area contributed by atoms with Gasteiger partial charge in [0.2, 0.25) is 17.7 Å². The molecule has 78 heavy (non-hydrogen) atoms. The number of hydroxylamine groups is 2. The second-order valence-electron chi connectivity index (χ2n) is 19.2. The topological polar surface area (TPSA) is 491 Å². The molecule has 5 aliphatic rings. The second-order valence-corrected chi connectivity index (χ2v) is 19.2. The minimum atomic E-state index is -1.99. The fourth-order valence-electron chi connectivity index (χ4n) is 8.72. The highest BCUT2D eigenvalue weighted by atomic mass is 16.8. The van der Waals surface area contributed by atoms with Crippen molar-refractivity contribution in [3.05, 3.63) is 0 Å². The Hall–Kier alpha value is -3.86. The molecule has 5 heterocycles. The first-order chi connectivity index (χ1) is 37.1. The lowest BCUT2D eigenvalue weighted by Gasteiger charge is -2.46. The first-order valence-electron chi connectivity index (χ1n) is 25.4. The number of rotatable bonds is 29. The highest BCUT2D eigenvalue weighted by molar-refractivity contribution is 6.01. The van der Waals surface area contributed by atoms with Crippen LogP contribution in [0.1, 0.15) is 45.4 Å². The molecule has 0 unspecified atom stereocenters. The maximum atomic E-state index is 13.3.